The molecule has 1 aliphatic heterocycles. The first-order chi connectivity index (χ1) is 12.3. The highest BCUT2D eigenvalue weighted by Crippen LogP contribution is 2.43. The minimum Gasteiger partial charge on any atom is -0.449 e. The summed E-state index contributed by atoms with van der Waals surface area (Å²) >= 11 is 0. The van der Waals surface area contributed by atoms with E-state index in [1.165, 1.54) is 13.2 Å². The normalized spacial score (nSPS) is 14.2. The molecule has 3 rings (SSSR count). The summed E-state index contributed by atoms with van der Waals surface area (Å²) in [6, 6.07) is 8.69. The summed E-state index contributed by atoms with van der Waals surface area (Å²) in [5, 5.41) is 0. The van der Waals surface area contributed by atoms with Crippen molar-refractivity contribution in [2.45, 2.75) is 33.0 Å². The molecule has 138 valence electrons. The van der Waals surface area contributed by atoms with E-state index in [9.17, 15) is 9.18 Å². The van der Waals surface area contributed by atoms with Gasteiger partial charge in [0.25, 0.3) is 0 Å². The molecular formula is C20H21FO5. The van der Waals surface area contributed by atoms with Crippen molar-refractivity contribution in [2.75, 3.05) is 13.7 Å². The van der Waals surface area contributed by atoms with Gasteiger partial charge < -0.3 is 18.9 Å². The van der Waals surface area contributed by atoms with E-state index in [0.29, 0.717) is 23.5 Å². The first kappa shape index (κ1) is 18.0. The monoisotopic (exact) mass is 360 g/mol. The smallest absolute Gasteiger partial charge is 0.449 e. The molecule has 2 aromatic carbocycles. The van der Waals surface area contributed by atoms with Crippen LogP contribution in [0.1, 0.15) is 25.0 Å². The first-order valence-corrected chi connectivity index (χ1v) is 8.31. The number of halogens is 1. The summed E-state index contributed by atoms with van der Waals surface area (Å²) in [6.07, 6.45) is -0.274. The largest absolute Gasteiger partial charge is 0.507 e. The molecule has 0 N–H and O–H groups in total. The lowest BCUT2D eigenvalue weighted by atomic mass is 9.96. The van der Waals surface area contributed by atoms with Crippen LogP contribution in [0.4, 0.5) is 9.18 Å². The fourth-order valence-electron chi connectivity index (χ4n) is 2.90. The zero-order valence-electron chi connectivity index (χ0n) is 15.2. The second-order valence-electron chi connectivity index (χ2n) is 6.58. The zero-order chi connectivity index (χ0) is 18.9. The number of hydrogen-bond acceptors (Lipinski definition) is 5. The van der Waals surface area contributed by atoms with E-state index in [1.807, 2.05) is 26.0 Å². The predicted octanol–water partition coefficient (Wildman–Crippen LogP) is 4.63. The summed E-state index contributed by atoms with van der Waals surface area (Å²) < 4.78 is 34.8. The van der Waals surface area contributed by atoms with Crippen molar-refractivity contribution in [3.63, 3.8) is 0 Å². The van der Waals surface area contributed by atoms with Crippen LogP contribution < -0.4 is 9.47 Å². The van der Waals surface area contributed by atoms with E-state index >= 15 is 0 Å². The Morgan fingerprint density at radius 2 is 1.85 bits per heavy atom. The number of fused-ring (bicyclic) bond motifs is 1. The highest BCUT2D eigenvalue weighted by atomic mass is 19.1. The minimum atomic E-state index is -0.751. The van der Waals surface area contributed by atoms with Gasteiger partial charge in [-0.1, -0.05) is 6.07 Å². The van der Waals surface area contributed by atoms with Gasteiger partial charge in [0.2, 0.25) is 5.79 Å². The van der Waals surface area contributed by atoms with Crippen LogP contribution in [0.15, 0.2) is 30.3 Å². The molecule has 0 radical (unpaired) electrons. The molecule has 0 amide bonds. The number of ether oxygens (including phenoxy) is 4. The third-order valence-corrected chi connectivity index (χ3v) is 4.11. The summed E-state index contributed by atoms with van der Waals surface area (Å²) in [6.45, 7) is 5.53. The fourth-order valence-corrected chi connectivity index (χ4v) is 2.90. The van der Waals surface area contributed by atoms with E-state index in [0.717, 1.165) is 16.7 Å². The molecule has 0 saturated heterocycles. The second kappa shape index (κ2) is 6.86. The van der Waals surface area contributed by atoms with Crippen LogP contribution in [0.3, 0.4) is 0 Å². The molecule has 0 fully saturated rings. The maximum Gasteiger partial charge on any atom is 0.507 e. The summed E-state index contributed by atoms with van der Waals surface area (Å²) in [4.78, 5) is 11.2. The van der Waals surface area contributed by atoms with Crippen molar-refractivity contribution >= 4 is 6.16 Å². The predicted molar refractivity (Wildman–Crippen MR) is 94.0 cm³/mol. The van der Waals surface area contributed by atoms with Crippen LogP contribution in [0, 0.1) is 12.7 Å². The average molecular weight is 360 g/mol. The van der Waals surface area contributed by atoms with E-state index in [2.05, 4.69) is 4.74 Å². The Morgan fingerprint density at radius 3 is 2.50 bits per heavy atom. The van der Waals surface area contributed by atoms with Crippen LogP contribution >= 0.6 is 0 Å². The van der Waals surface area contributed by atoms with Gasteiger partial charge in [0.05, 0.1) is 13.7 Å². The lowest BCUT2D eigenvalue weighted by Gasteiger charge is -2.16. The Hall–Kier alpha value is -2.76. The van der Waals surface area contributed by atoms with Crippen molar-refractivity contribution in [1.82, 2.24) is 0 Å². The number of methoxy groups -OCH3 is 1. The molecule has 6 heteroatoms. The number of rotatable bonds is 4. The van der Waals surface area contributed by atoms with Crippen LogP contribution in [-0.2, 0) is 15.9 Å². The molecule has 0 bridgehead atoms. The first-order valence-electron chi connectivity index (χ1n) is 8.31. The maximum atomic E-state index is 13.7. The Kier molecular flexibility index (Phi) is 4.76. The van der Waals surface area contributed by atoms with E-state index in [-0.39, 0.29) is 12.4 Å². The molecule has 0 spiro atoms. The highest BCUT2D eigenvalue weighted by molar-refractivity contribution is 5.72. The number of hydrogen-bond donors (Lipinski definition) is 0. The van der Waals surface area contributed by atoms with E-state index < -0.39 is 11.9 Å². The van der Waals surface area contributed by atoms with Crippen molar-refractivity contribution in [2.24, 2.45) is 0 Å². The molecular weight excluding hydrogens is 339 g/mol. The minimum absolute atomic E-state index is 0.156. The number of benzene rings is 2. The number of carbonyl (C=O) groups is 1. The van der Waals surface area contributed by atoms with Gasteiger partial charge in [-0.05, 0) is 53.4 Å². The molecule has 26 heavy (non-hydrogen) atoms. The van der Waals surface area contributed by atoms with Crippen molar-refractivity contribution in [3.05, 3.63) is 47.3 Å². The summed E-state index contributed by atoms with van der Waals surface area (Å²) in [5.41, 5.74) is 3.19. The van der Waals surface area contributed by atoms with E-state index in [4.69, 9.17) is 14.2 Å². The molecule has 5 nitrogen and oxygen atoms in total. The second-order valence-corrected chi connectivity index (χ2v) is 6.58. The average Bonchev–Trinajstić information content (AvgIpc) is 2.89. The van der Waals surface area contributed by atoms with Crippen molar-refractivity contribution in [3.8, 4) is 22.6 Å². The molecule has 0 atom stereocenters. The zero-order valence-corrected chi connectivity index (χ0v) is 15.2. The molecule has 0 unspecified atom stereocenters. The van der Waals surface area contributed by atoms with Gasteiger partial charge in [-0.15, -0.1) is 0 Å². The fraction of sp³-hybridized carbons (Fsp3) is 0.350. The quantitative estimate of drug-likeness (QED) is 0.744. The van der Waals surface area contributed by atoms with E-state index in [1.54, 1.807) is 19.1 Å². The molecule has 1 aliphatic rings. The standard InChI is InChI=1S/C20H21FO5/c1-12-9-13(5-6-16(12)21)15-11-18-17(25-20(2,3)26-18)10-14(15)7-8-24-19(22)23-4/h5-6,9-11H,7-8H2,1-4H3. The molecule has 2 aromatic rings. The Labute approximate surface area is 151 Å². The van der Waals surface area contributed by atoms with Crippen LogP contribution in [0.2, 0.25) is 0 Å². The van der Waals surface area contributed by atoms with Gasteiger partial charge in [0.15, 0.2) is 11.5 Å². The Balaban J connectivity index is 1.97. The number of aryl methyl sites for hydroxylation is 1. The lowest BCUT2D eigenvalue weighted by molar-refractivity contribution is -0.0431. The topological polar surface area (TPSA) is 54.0 Å². The molecule has 1 heterocycles. The van der Waals surface area contributed by atoms with Gasteiger partial charge in [0, 0.05) is 20.3 Å². The summed E-state index contributed by atoms with van der Waals surface area (Å²) in [7, 11) is 1.26. The van der Waals surface area contributed by atoms with Crippen LogP contribution in [0.25, 0.3) is 11.1 Å². The molecule has 0 aromatic heterocycles. The van der Waals surface area contributed by atoms with Crippen LogP contribution in [-0.4, -0.2) is 25.7 Å². The van der Waals surface area contributed by atoms with Gasteiger partial charge in [0.1, 0.15) is 5.82 Å². The van der Waals surface area contributed by atoms with Crippen LogP contribution in [0.5, 0.6) is 11.5 Å². The number of carbonyl (C=O) groups excluding carboxylic acids is 1. The molecule has 0 saturated carbocycles. The third-order valence-electron chi connectivity index (χ3n) is 4.11. The Morgan fingerprint density at radius 1 is 1.15 bits per heavy atom. The molecule has 0 aliphatic carbocycles. The van der Waals surface area contributed by atoms with Gasteiger partial charge >= 0.3 is 6.16 Å². The summed E-state index contributed by atoms with van der Waals surface area (Å²) in [5.74, 6) is 0.251. The SMILES string of the molecule is COC(=O)OCCc1cc2c(cc1-c1ccc(F)c(C)c1)OC(C)(C)O2. The highest BCUT2D eigenvalue weighted by Gasteiger charge is 2.32. The van der Waals surface area contributed by atoms with Gasteiger partial charge in [-0.2, -0.15) is 0 Å². The van der Waals surface area contributed by atoms with Crippen molar-refractivity contribution < 1.29 is 28.1 Å². The van der Waals surface area contributed by atoms with Gasteiger partial charge in [-0.25, -0.2) is 9.18 Å². The third kappa shape index (κ3) is 3.74. The Bertz CT molecular complexity index is 844. The van der Waals surface area contributed by atoms with Gasteiger partial charge in [-0.3, -0.25) is 0 Å². The van der Waals surface area contributed by atoms with Crippen molar-refractivity contribution in [1.29, 1.82) is 0 Å². The lowest BCUT2D eigenvalue weighted by Crippen LogP contribution is -2.29. The maximum absolute atomic E-state index is 13.7.